The van der Waals surface area contributed by atoms with E-state index in [0.29, 0.717) is 12.8 Å². The number of ether oxygens (including phenoxy) is 3. The summed E-state index contributed by atoms with van der Waals surface area (Å²) in [5, 5.41) is 10.1. The topological polar surface area (TPSA) is 95.0 Å². The number of carbonyl (C=O) groups excluding carboxylic acids is 2. The molecule has 1 aromatic carbocycles. The van der Waals surface area contributed by atoms with E-state index in [0.717, 1.165) is 18.2 Å². The number of Topliss-reactive ketones (excluding diaryl/α,β-unsaturated/α-hetero) is 1. The highest BCUT2D eigenvalue weighted by atomic mass is 19.1. The van der Waals surface area contributed by atoms with Crippen LogP contribution < -0.4 is 9.47 Å². The second-order valence-corrected chi connectivity index (χ2v) is 8.11. The number of methoxy groups -OCH3 is 1. The van der Waals surface area contributed by atoms with E-state index in [1.54, 1.807) is 6.92 Å². The van der Waals surface area contributed by atoms with Crippen LogP contribution in [0.15, 0.2) is 30.5 Å². The Balaban J connectivity index is 2.13. The minimum atomic E-state index is -0.851. The molecule has 2 aromatic rings. The van der Waals surface area contributed by atoms with Gasteiger partial charge in [0.15, 0.2) is 34.5 Å². The molecule has 0 aliphatic heterocycles. The number of carbonyl (C=O) groups is 2. The predicted octanol–water partition coefficient (Wildman–Crippen LogP) is 5.10. The van der Waals surface area contributed by atoms with Crippen LogP contribution in [-0.2, 0) is 9.53 Å². The van der Waals surface area contributed by atoms with Crippen LogP contribution in [0.2, 0.25) is 0 Å². The van der Waals surface area contributed by atoms with Gasteiger partial charge in [0.2, 0.25) is 0 Å². The Morgan fingerprint density at radius 2 is 1.76 bits per heavy atom. The standard InChI is InChI=1S/C25H31F2NO6/c1-6-16(7-2)24(34-21-13-17(26)8-9-18(21)27)15(4)33-25(31)14(3)12-19(29)22-23(30)20(32-5)10-11-28-22/h8-11,13-16,24,30H,6-7,12H2,1-5H3/t14-,15+,24+/m1/s1. The summed E-state index contributed by atoms with van der Waals surface area (Å²) < 4.78 is 44.1. The number of aromatic nitrogens is 1. The van der Waals surface area contributed by atoms with E-state index in [-0.39, 0.29) is 29.5 Å². The number of pyridine rings is 1. The molecular weight excluding hydrogens is 448 g/mol. The Bertz CT molecular complexity index is 995. The smallest absolute Gasteiger partial charge is 0.309 e. The van der Waals surface area contributed by atoms with Crippen molar-refractivity contribution in [2.75, 3.05) is 7.11 Å². The molecule has 0 aliphatic rings. The van der Waals surface area contributed by atoms with Crippen LogP contribution >= 0.6 is 0 Å². The third-order valence-corrected chi connectivity index (χ3v) is 5.70. The van der Waals surface area contributed by atoms with E-state index in [9.17, 15) is 23.5 Å². The molecule has 1 heterocycles. The zero-order chi connectivity index (χ0) is 25.4. The molecule has 0 unspecified atom stereocenters. The molecule has 0 radical (unpaired) electrons. The van der Waals surface area contributed by atoms with Crippen molar-refractivity contribution < 1.29 is 37.7 Å². The third kappa shape index (κ3) is 6.65. The average molecular weight is 480 g/mol. The van der Waals surface area contributed by atoms with Gasteiger partial charge >= 0.3 is 5.97 Å². The summed E-state index contributed by atoms with van der Waals surface area (Å²) in [5.74, 6) is -4.10. The van der Waals surface area contributed by atoms with Gasteiger partial charge in [-0.25, -0.2) is 13.8 Å². The number of hydrogen-bond donors (Lipinski definition) is 1. The maximum Gasteiger partial charge on any atom is 0.309 e. The number of rotatable bonds is 12. The number of ketones is 1. The molecule has 0 spiro atoms. The summed E-state index contributed by atoms with van der Waals surface area (Å²) in [6.07, 6.45) is 0.848. The first-order chi connectivity index (χ1) is 16.1. The van der Waals surface area contributed by atoms with Gasteiger partial charge in [-0.2, -0.15) is 0 Å². The molecule has 0 amide bonds. The maximum absolute atomic E-state index is 14.2. The van der Waals surface area contributed by atoms with E-state index in [1.807, 2.05) is 13.8 Å². The van der Waals surface area contributed by atoms with E-state index < -0.39 is 47.3 Å². The van der Waals surface area contributed by atoms with Crippen molar-refractivity contribution in [3.05, 3.63) is 47.8 Å². The molecular formula is C25H31F2NO6. The lowest BCUT2D eigenvalue weighted by molar-refractivity contribution is -0.159. The Hall–Kier alpha value is -3.23. The molecule has 3 atom stereocenters. The van der Waals surface area contributed by atoms with Gasteiger partial charge in [-0.15, -0.1) is 0 Å². The third-order valence-electron chi connectivity index (χ3n) is 5.70. The second-order valence-electron chi connectivity index (χ2n) is 8.11. The molecule has 34 heavy (non-hydrogen) atoms. The highest BCUT2D eigenvalue weighted by molar-refractivity contribution is 5.99. The van der Waals surface area contributed by atoms with Gasteiger partial charge in [0.1, 0.15) is 18.0 Å². The van der Waals surface area contributed by atoms with Gasteiger partial charge in [0, 0.05) is 24.8 Å². The fourth-order valence-corrected chi connectivity index (χ4v) is 3.67. The highest BCUT2D eigenvalue weighted by Crippen LogP contribution is 2.30. The fourth-order valence-electron chi connectivity index (χ4n) is 3.67. The number of nitrogens with zero attached hydrogens (tertiary/aromatic N) is 1. The van der Waals surface area contributed by atoms with Crippen molar-refractivity contribution >= 4 is 11.8 Å². The Kier molecular flexibility index (Phi) is 9.77. The van der Waals surface area contributed by atoms with E-state index >= 15 is 0 Å². The molecule has 9 heteroatoms. The number of hydrogen-bond acceptors (Lipinski definition) is 7. The summed E-state index contributed by atoms with van der Waals surface area (Å²) in [6, 6.07) is 4.32. The van der Waals surface area contributed by atoms with E-state index in [4.69, 9.17) is 14.2 Å². The number of benzene rings is 1. The van der Waals surface area contributed by atoms with Crippen LogP contribution in [0.1, 0.15) is 57.4 Å². The van der Waals surface area contributed by atoms with Gasteiger partial charge in [-0.3, -0.25) is 9.59 Å². The lowest BCUT2D eigenvalue weighted by Crippen LogP contribution is -2.40. The van der Waals surface area contributed by atoms with Crippen molar-refractivity contribution in [2.45, 2.75) is 59.2 Å². The van der Waals surface area contributed by atoms with Crippen molar-refractivity contribution in [2.24, 2.45) is 11.8 Å². The molecule has 1 N–H and O–H groups in total. The van der Waals surface area contributed by atoms with Gasteiger partial charge in [-0.05, 0) is 37.8 Å². The molecule has 7 nitrogen and oxygen atoms in total. The highest BCUT2D eigenvalue weighted by Gasteiger charge is 2.32. The number of esters is 1. The fraction of sp³-hybridized carbons (Fsp3) is 0.480. The first-order valence-corrected chi connectivity index (χ1v) is 11.2. The largest absolute Gasteiger partial charge is 0.503 e. The SMILES string of the molecule is CCC(CC)[C@@H](Oc1cc(F)ccc1F)[C@H](C)OC(=O)[C@H](C)CC(=O)c1nccc(OC)c1O. The molecule has 186 valence electrons. The minimum Gasteiger partial charge on any atom is -0.503 e. The Morgan fingerprint density at radius 1 is 1.09 bits per heavy atom. The first kappa shape index (κ1) is 27.0. The van der Waals surface area contributed by atoms with Gasteiger partial charge in [-0.1, -0.05) is 20.8 Å². The van der Waals surface area contributed by atoms with Crippen LogP contribution in [0.4, 0.5) is 8.78 Å². The van der Waals surface area contributed by atoms with Crippen LogP contribution in [0.3, 0.4) is 0 Å². The minimum absolute atomic E-state index is 0.0944. The molecule has 2 rings (SSSR count). The zero-order valence-corrected chi connectivity index (χ0v) is 20.0. The van der Waals surface area contributed by atoms with E-state index in [1.165, 1.54) is 26.3 Å². The average Bonchev–Trinajstić information content (AvgIpc) is 2.81. The number of aromatic hydroxyl groups is 1. The van der Waals surface area contributed by atoms with Crippen LogP contribution in [0.25, 0.3) is 0 Å². The quantitative estimate of drug-likeness (QED) is 0.334. The monoisotopic (exact) mass is 479 g/mol. The predicted molar refractivity (Wildman–Crippen MR) is 121 cm³/mol. The summed E-state index contributed by atoms with van der Waals surface area (Å²) in [5.41, 5.74) is -0.202. The summed E-state index contributed by atoms with van der Waals surface area (Å²) in [7, 11) is 1.35. The van der Waals surface area contributed by atoms with Gasteiger partial charge < -0.3 is 19.3 Å². The van der Waals surface area contributed by atoms with Crippen LogP contribution in [0.5, 0.6) is 17.2 Å². The summed E-state index contributed by atoms with van der Waals surface area (Å²) in [6.45, 7) is 6.98. The normalized spacial score (nSPS) is 13.8. The van der Waals surface area contributed by atoms with Crippen LogP contribution in [0, 0.1) is 23.5 Å². The Labute approximate surface area is 198 Å². The zero-order valence-electron chi connectivity index (χ0n) is 20.0. The summed E-state index contributed by atoms with van der Waals surface area (Å²) in [4.78, 5) is 29.2. The second kappa shape index (κ2) is 12.3. The Morgan fingerprint density at radius 3 is 2.38 bits per heavy atom. The molecule has 0 aliphatic carbocycles. The molecule has 1 aromatic heterocycles. The number of halogens is 2. The van der Waals surface area contributed by atoms with Gasteiger partial charge in [0.05, 0.1) is 13.0 Å². The lowest BCUT2D eigenvalue weighted by atomic mass is 9.92. The molecule has 0 fully saturated rings. The first-order valence-electron chi connectivity index (χ1n) is 11.2. The molecule has 0 saturated carbocycles. The van der Waals surface area contributed by atoms with E-state index in [2.05, 4.69) is 4.98 Å². The lowest BCUT2D eigenvalue weighted by Gasteiger charge is -2.31. The summed E-state index contributed by atoms with van der Waals surface area (Å²) >= 11 is 0. The maximum atomic E-state index is 14.2. The van der Waals surface area contributed by atoms with Crippen molar-refractivity contribution in [1.82, 2.24) is 4.98 Å². The van der Waals surface area contributed by atoms with Crippen molar-refractivity contribution in [3.63, 3.8) is 0 Å². The van der Waals surface area contributed by atoms with Crippen molar-refractivity contribution in [3.8, 4) is 17.2 Å². The van der Waals surface area contributed by atoms with Crippen molar-refractivity contribution in [1.29, 1.82) is 0 Å². The van der Waals surface area contributed by atoms with Crippen LogP contribution in [-0.4, -0.2) is 41.2 Å². The van der Waals surface area contributed by atoms with Gasteiger partial charge in [0.25, 0.3) is 0 Å². The molecule has 0 saturated heterocycles. The molecule has 0 bridgehead atoms.